The number of hydrogen-bond donors (Lipinski definition) is 0. The zero-order chi connectivity index (χ0) is 24.0. The second kappa shape index (κ2) is 9.30. The summed E-state index contributed by atoms with van der Waals surface area (Å²) in [5.74, 6) is -0.588. The summed E-state index contributed by atoms with van der Waals surface area (Å²) in [6, 6.07) is 17.0. The molecule has 1 fully saturated rings. The monoisotopic (exact) mass is 529 g/mol. The molecule has 1 amide bonds. The normalized spacial score (nSPS) is 18.9. The number of carbonyl (C=O) groups is 1. The van der Waals surface area contributed by atoms with Crippen molar-refractivity contribution < 1.29 is 9.18 Å². The molecule has 3 aromatic carbocycles. The van der Waals surface area contributed by atoms with E-state index in [0.717, 1.165) is 21.2 Å². The first-order valence-electron chi connectivity index (χ1n) is 10.5. The second-order valence-corrected chi connectivity index (χ2v) is 10.5. The molecule has 0 saturated carbocycles. The Labute approximate surface area is 215 Å². The summed E-state index contributed by atoms with van der Waals surface area (Å²) < 4.78 is 13.6. The van der Waals surface area contributed by atoms with Crippen molar-refractivity contribution in [3.63, 3.8) is 0 Å². The molecule has 2 heterocycles. The first kappa shape index (κ1) is 23.3. The highest BCUT2D eigenvalue weighted by molar-refractivity contribution is 8.20. The van der Waals surface area contributed by atoms with E-state index in [4.69, 9.17) is 28.2 Å². The molecule has 3 aromatic rings. The lowest BCUT2D eigenvalue weighted by atomic mass is 10.2. The maximum atomic E-state index is 13.8. The minimum Gasteiger partial charge on any atom is -0.334 e. The van der Waals surface area contributed by atoms with E-state index in [1.165, 1.54) is 40.6 Å². The van der Waals surface area contributed by atoms with E-state index in [1.54, 1.807) is 18.2 Å². The molecule has 0 radical (unpaired) electrons. The molecule has 0 atom stereocenters. The van der Waals surface area contributed by atoms with Crippen LogP contribution in [0.5, 0.6) is 0 Å². The predicted octanol–water partition coefficient (Wildman–Crippen LogP) is 8.01. The number of hydrogen-bond acceptors (Lipinski definition) is 5. The van der Waals surface area contributed by atoms with Gasteiger partial charge in [-0.05, 0) is 85.8 Å². The van der Waals surface area contributed by atoms with Crippen LogP contribution in [-0.4, -0.2) is 17.6 Å². The van der Waals surface area contributed by atoms with E-state index >= 15 is 0 Å². The molecule has 0 spiro atoms. The van der Waals surface area contributed by atoms with Gasteiger partial charge in [0.2, 0.25) is 0 Å². The molecule has 4 nitrogen and oxygen atoms in total. The number of halogens is 3. The number of aliphatic imine (C=N–C) groups is 1. The highest BCUT2D eigenvalue weighted by Crippen LogP contribution is 2.51. The van der Waals surface area contributed by atoms with Crippen LogP contribution in [0.25, 0.3) is 0 Å². The Morgan fingerprint density at radius 2 is 1.76 bits per heavy atom. The molecule has 0 N–H and O–H groups in total. The number of rotatable bonds is 3. The van der Waals surface area contributed by atoms with Crippen molar-refractivity contribution in [3.05, 3.63) is 92.0 Å². The van der Waals surface area contributed by atoms with Gasteiger partial charge in [-0.15, -0.1) is 0 Å². The van der Waals surface area contributed by atoms with Crippen LogP contribution in [0.15, 0.2) is 80.5 Å². The van der Waals surface area contributed by atoms with E-state index in [2.05, 4.69) is 4.90 Å². The van der Waals surface area contributed by atoms with Gasteiger partial charge in [-0.2, -0.15) is 0 Å². The molecule has 5 rings (SSSR count). The maximum Gasteiger partial charge on any atom is 0.274 e. The Morgan fingerprint density at radius 3 is 2.47 bits per heavy atom. The molecule has 2 aliphatic rings. The first-order valence-corrected chi connectivity index (χ1v) is 12.9. The fraction of sp³-hybridized carbons (Fsp3) is 0.120. The lowest BCUT2D eigenvalue weighted by molar-refractivity contribution is -0.113. The van der Waals surface area contributed by atoms with Crippen LogP contribution in [0.2, 0.25) is 10.0 Å². The minimum absolute atomic E-state index is 0.214. The second-order valence-electron chi connectivity index (χ2n) is 7.64. The fourth-order valence-corrected chi connectivity index (χ4v) is 6.41. The van der Waals surface area contributed by atoms with Gasteiger partial charge in [0.1, 0.15) is 15.8 Å². The van der Waals surface area contributed by atoms with Gasteiger partial charge < -0.3 is 4.90 Å². The van der Waals surface area contributed by atoms with Crippen molar-refractivity contribution >= 4 is 74.9 Å². The zero-order valence-electron chi connectivity index (χ0n) is 18.2. The summed E-state index contributed by atoms with van der Waals surface area (Å²) in [5, 5.41) is 2.54. The number of benzene rings is 3. The number of aryl methyl sites for hydroxylation is 1. The van der Waals surface area contributed by atoms with Crippen molar-refractivity contribution in [2.75, 3.05) is 16.3 Å². The number of amidine groups is 1. The Kier molecular flexibility index (Phi) is 6.37. The Hall–Kier alpha value is -2.45. The molecule has 0 bridgehead atoms. The van der Waals surface area contributed by atoms with Gasteiger partial charge >= 0.3 is 0 Å². The largest absolute Gasteiger partial charge is 0.334 e. The summed E-state index contributed by atoms with van der Waals surface area (Å²) >= 11 is 15.4. The lowest BCUT2D eigenvalue weighted by Crippen LogP contribution is -2.29. The number of fused-ring (bicyclic) bond motifs is 1. The van der Waals surface area contributed by atoms with E-state index < -0.39 is 0 Å². The van der Waals surface area contributed by atoms with Crippen LogP contribution in [0.4, 0.5) is 21.5 Å². The summed E-state index contributed by atoms with van der Waals surface area (Å²) in [6.07, 6.45) is 0. The van der Waals surface area contributed by atoms with Crippen LogP contribution in [0.3, 0.4) is 0 Å². The van der Waals surface area contributed by atoms with Crippen molar-refractivity contribution in [2.45, 2.75) is 18.7 Å². The number of amides is 1. The quantitative estimate of drug-likeness (QED) is 0.322. The summed E-state index contributed by atoms with van der Waals surface area (Å²) in [6.45, 7) is 4.62. The van der Waals surface area contributed by atoms with Crippen LogP contribution in [0, 0.1) is 12.7 Å². The van der Waals surface area contributed by atoms with Crippen LogP contribution in [-0.2, 0) is 4.79 Å². The van der Waals surface area contributed by atoms with Crippen LogP contribution in [0.1, 0.15) is 12.5 Å². The third kappa shape index (κ3) is 4.22. The predicted molar refractivity (Wildman–Crippen MR) is 142 cm³/mol. The first-order chi connectivity index (χ1) is 16.4. The topological polar surface area (TPSA) is 35.9 Å². The molecular weight excluding hydrogens is 512 g/mol. The SMILES string of the molecule is CCN1/C(=C2/SC(=Nc3ccc(C)c(Cl)c3)N(c3ccc(F)cc3)C2=O)Sc2ccc(Cl)cc21. The van der Waals surface area contributed by atoms with Gasteiger partial charge in [0.05, 0.1) is 17.1 Å². The molecule has 0 unspecified atom stereocenters. The fourth-order valence-electron chi connectivity index (χ4n) is 3.70. The van der Waals surface area contributed by atoms with Gasteiger partial charge in [0, 0.05) is 21.5 Å². The third-order valence-corrected chi connectivity index (χ3v) is 8.40. The van der Waals surface area contributed by atoms with Crippen LogP contribution < -0.4 is 9.80 Å². The Bertz CT molecular complexity index is 1380. The number of anilines is 2. The highest BCUT2D eigenvalue weighted by Gasteiger charge is 2.40. The van der Waals surface area contributed by atoms with Crippen molar-refractivity contribution in [2.24, 2.45) is 4.99 Å². The smallest absolute Gasteiger partial charge is 0.274 e. The molecule has 172 valence electrons. The van der Waals surface area contributed by atoms with Crippen molar-refractivity contribution in [1.82, 2.24) is 0 Å². The zero-order valence-corrected chi connectivity index (χ0v) is 21.3. The van der Waals surface area contributed by atoms with Gasteiger partial charge in [0.15, 0.2) is 5.17 Å². The number of thioether (sulfide) groups is 2. The summed E-state index contributed by atoms with van der Waals surface area (Å²) in [5.41, 5.74) is 3.08. The summed E-state index contributed by atoms with van der Waals surface area (Å²) in [4.78, 5) is 23.7. The van der Waals surface area contributed by atoms with Crippen molar-refractivity contribution in [3.8, 4) is 0 Å². The van der Waals surface area contributed by atoms with E-state index in [9.17, 15) is 9.18 Å². The molecular formula is C25H18Cl2FN3OS2. The van der Waals surface area contributed by atoms with Gasteiger partial charge in [0.25, 0.3) is 5.91 Å². The molecule has 0 aliphatic carbocycles. The highest BCUT2D eigenvalue weighted by atomic mass is 35.5. The van der Waals surface area contributed by atoms with Crippen molar-refractivity contribution in [1.29, 1.82) is 0 Å². The van der Waals surface area contributed by atoms with E-state index in [-0.39, 0.29) is 11.7 Å². The average Bonchev–Trinajstić information content (AvgIpc) is 3.33. The summed E-state index contributed by atoms with van der Waals surface area (Å²) in [7, 11) is 0. The third-order valence-electron chi connectivity index (χ3n) is 5.42. The van der Waals surface area contributed by atoms with Gasteiger partial charge in [-0.3, -0.25) is 9.69 Å². The van der Waals surface area contributed by atoms with Gasteiger partial charge in [-0.1, -0.05) is 41.0 Å². The lowest BCUT2D eigenvalue weighted by Gasteiger charge is -2.19. The average molecular weight is 530 g/mol. The Morgan fingerprint density at radius 1 is 1.00 bits per heavy atom. The van der Waals surface area contributed by atoms with Crippen LogP contribution >= 0.6 is 46.7 Å². The van der Waals surface area contributed by atoms with E-state index in [0.29, 0.717) is 38.0 Å². The van der Waals surface area contributed by atoms with Gasteiger partial charge in [-0.25, -0.2) is 9.38 Å². The number of carbonyl (C=O) groups excluding carboxylic acids is 1. The maximum absolute atomic E-state index is 13.8. The molecule has 34 heavy (non-hydrogen) atoms. The van der Waals surface area contributed by atoms with E-state index in [1.807, 2.05) is 44.2 Å². The standard InChI is InChI=1S/C25H18Cl2FN3OS2/c1-3-30-20-12-15(26)5-11-21(20)33-24(30)22-23(32)31(18-9-6-16(28)7-10-18)25(34-22)29-17-8-4-14(2)19(27)13-17/h4-13H,3H2,1-2H3/b24-22-,29-25?. The Balaban J connectivity index is 1.63. The minimum atomic E-state index is -0.374. The molecule has 2 aliphatic heterocycles. The molecule has 1 saturated heterocycles. The number of nitrogens with zero attached hydrogens (tertiary/aromatic N) is 3. The molecule has 0 aromatic heterocycles. The molecule has 9 heteroatoms.